The maximum Gasteiger partial charge on any atom is 0.0595 e. The third-order valence-electron chi connectivity index (χ3n) is 12.1. The van der Waals surface area contributed by atoms with Crippen LogP contribution in [0.5, 0.6) is 0 Å². The standard InChI is InChI=1S/C49H41NS/c1-48(2)41-22-12-9-18-35(41)37-28-26-32(30-43(37)48)50(33-27-29-38-36-19-10-13-23-42(36)49(3,4)44(38)31-33)45-24-15-21-40-39-20-11-14-25-46(39)51(5,47(40)45)34-16-7-6-8-17-34/h6-31H,1-5H3. The van der Waals surface area contributed by atoms with Crippen LogP contribution in [0, 0.1) is 0 Å². The molecule has 2 aliphatic carbocycles. The zero-order valence-electron chi connectivity index (χ0n) is 29.9. The van der Waals surface area contributed by atoms with Crippen LogP contribution in [0.4, 0.5) is 17.1 Å². The molecule has 1 heterocycles. The van der Waals surface area contributed by atoms with Gasteiger partial charge in [0.25, 0.3) is 0 Å². The number of hydrogen-bond donors (Lipinski definition) is 0. The molecule has 7 aromatic rings. The van der Waals surface area contributed by atoms with Crippen molar-refractivity contribution < 1.29 is 0 Å². The quantitative estimate of drug-likeness (QED) is 0.179. The van der Waals surface area contributed by atoms with Crippen LogP contribution in [-0.2, 0) is 10.8 Å². The van der Waals surface area contributed by atoms with Crippen molar-refractivity contribution in [2.24, 2.45) is 0 Å². The summed E-state index contributed by atoms with van der Waals surface area (Å²) in [6.07, 6.45) is 2.51. The van der Waals surface area contributed by atoms with Gasteiger partial charge in [0, 0.05) is 32.0 Å². The normalized spacial score (nSPS) is 19.2. The Labute approximate surface area is 303 Å². The van der Waals surface area contributed by atoms with E-state index in [0.29, 0.717) is 0 Å². The van der Waals surface area contributed by atoms with E-state index in [1.165, 1.54) is 87.4 Å². The van der Waals surface area contributed by atoms with Crippen molar-refractivity contribution in [3.63, 3.8) is 0 Å². The van der Waals surface area contributed by atoms with Gasteiger partial charge in [-0.2, -0.15) is 10.0 Å². The van der Waals surface area contributed by atoms with Gasteiger partial charge in [-0.1, -0.05) is 137 Å². The van der Waals surface area contributed by atoms with Crippen LogP contribution < -0.4 is 4.90 Å². The third-order valence-corrected chi connectivity index (χ3v) is 15.8. The molecule has 1 unspecified atom stereocenters. The predicted octanol–water partition coefficient (Wildman–Crippen LogP) is 13.7. The molecule has 0 bridgehead atoms. The lowest BCUT2D eigenvalue weighted by atomic mass is 9.82. The maximum atomic E-state index is 2.58. The largest absolute Gasteiger partial charge is 0.309 e. The molecule has 1 aliphatic heterocycles. The monoisotopic (exact) mass is 675 g/mol. The van der Waals surface area contributed by atoms with E-state index >= 15 is 0 Å². The second-order valence-electron chi connectivity index (χ2n) is 15.5. The smallest absolute Gasteiger partial charge is 0.0595 e. The molecule has 1 nitrogen and oxygen atoms in total. The van der Waals surface area contributed by atoms with Crippen LogP contribution in [0.2, 0.25) is 0 Å². The Bertz CT molecular complexity index is 2450. The Balaban J connectivity index is 1.26. The molecule has 2 heteroatoms. The fraction of sp³-hybridized carbons (Fsp3) is 0.143. The molecule has 0 saturated carbocycles. The minimum Gasteiger partial charge on any atom is -0.309 e. The Morgan fingerprint density at radius 3 is 1.47 bits per heavy atom. The topological polar surface area (TPSA) is 3.24 Å². The fourth-order valence-corrected chi connectivity index (χ4v) is 13.1. The van der Waals surface area contributed by atoms with E-state index in [2.05, 4.69) is 197 Å². The third kappa shape index (κ3) is 4.06. The van der Waals surface area contributed by atoms with Gasteiger partial charge in [-0.05, 0) is 115 Å². The summed E-state index contributed by atoms with van der Waals surface area (Å²) < 4.78 is 0. The Morgan fingerprint density at radius 2 is 0.882 bits per heavy atom. The summed E-state index contributed by atoms with van der Waals surface area (Å²) in [7, 11) is -1.59. The van der Waals surface area contributed by atoms with E-state index in [4.69, 9.17) is 0 Å². The van der Waals surface area contributed by atoms with Crippen molar-refractivity contribution in [3.05, 3.63) is 180 Å². The van der Waals surface area contributed by atoms with Crippen LogP contribution in [0.15, 0.2) is 172 Å². The van der Waals surface area contributed by atoms with Gasteiger partial charge in [-0.3, -0.25) is 0 Å². The van der Waals surface area contributed by atoms with E-state index < -0.39 is 10.0 Å². The van der Waals surface area contributed by atoms with Crippen LogP contribution in [0.3, 0.4) is 0 Å². The predicted molar refractivity (Wildman–Crippen MR) is 216 cm³/mol. The van der Waals surface area contributed by atoms with Gasteiger partial charge in [0.1, 0.15) is 0 Å². The Hall–Kier alpha value is -5.31. The highest BCUT2D eigenvalue weighted by molar-refractivity contribution is 8.33. The molecule has 0 fully saturated rings. The number of hydrogen-bond acceptors (Lipinski definition) is 1. The van der Waals surface area contributed by atoms with E-state index in [-0.39, 0.29) is 10.8 Å². The second kappa shape index (κ2) is 10.6. The molecule has 10 rings (SSSR count). The summed E-state index contributed by atoms with van der Waals surface area (Å²) >= 11 is 0. The molecular formula is C49H41NS. The zero-order valence-corrected chi connectivity index (χ0v) is 30.7. The average Bonchev–Trinajstić information content (AvgIpc) is 3.67. The summed E-state index contributed by atoms with van der Waals surface area (Å²) in [5, 5.41) is 0. The van der Waals surface area contributed by atoms with Crippen molar-refractivity contribution in [1.29, 1.82) is 0 Å². The lowest BCUT2D eigenvalue weighted by molar-refractivity contribution is 0.660. The summed E-state index contributed by atoms with van der Waals surface area (Å²) in [5.74, 6) is 0. The van der Waals surface area contributed by atoms with Gasteiger partial charge < -0.3 is 4.90 Å². The highest BCUT2D eigenvalue weighted by atomic mass is 32.3. The number of anilines is 3. The summed E-state index contributed by atoms with van der Waals surface area (Å²) in [6, 6.07) is 59.7. The molecule has 0 spiro atoms. The first-order chi connectivity index (χ1) is 24.7. The van der Waals surface area contributed by atoms with Crippen molar-refractivity contribution in [3.8, 4) is 33.4 Å². The van der Waals surface area contributed by atoms with E-state index in [0.717, 1.165) is 0 Å². The molecule has 0 aromatic heterocycles. The SMILES string of the molecule is CC1(C)c2ccccc2-c2ccc(N(c3ccc4c(c3)C(C)(C)c3ccccc3-4)c3cccc4c3S(C)(c3ccccc3)c3ccccc3-4)cc21. The maximum absolute atomic E-state index is 2.58. The molecule has 0 radical (unpaired) electrons. The van der Waals surface area contributed by atoms with Gasteiger partial charge in [0.05, 0.1) is 5.69 Å². The van der Waals surface area contributed by atoms with Crippen LogP contribution >= 0.6 is 10.0 Å². The van der Waals surface area contributed by atoms with Gasteiger partial charge in [0.2, 0.25) is 0 Å². The number of benzene rings is 7. The summed E-state index contributed by atoms with van der Waals surface area (Å²) in [5.41, 5.74) is 17.1. The van der Waals surface area contributed by atoms with Crippen LogP contribution in [-0.4, -0.2) is 6.26 Å². The highest BCUT2D eigenvalue weighted by Gasteiger charge is 2.42. The van der Waals surface area contributed by atoms with Gasteiger partial charge >= 0.3 is 0 Å². The molecule has 0 amide bonds. The van der Waals surface area contributed by atoms with E-state index in [9.17, 15) is 0 Å². The average molecular weight is 676 g/mol. The molecule has 0 saturated heterocycles. The molecule has 3 aliphatic rings. The molecule has 1 atom stereocenters. The molecular weight excluding hydrogens is 635 g/mol. The van der Waals surface area contributed by atoms with E-state index in [1.54, 1.807) is 0 Å². The first-order valence-corrected chi connectivity index (χ1v) is 20.1. The lowest BCUT2D eigenvalue weighted by Crippen LogP contribution is -2.18. The number of nitrogens with zero attached hydrogens (tertiary/aromatic N) is 1. The van der Waals surface area contributed by atoms with Crippen LogP contribution in [0.25, 0.3) is 33.4 Å². The van der Waals surface area contributed by atoms with Crippen molar-refractivity contribution in [2.45, 2.75) is 53.2 Å². The fourth-order valence-electron chi connectivity index (χ4n) is 9.52. The first kappa shape index (κ1) is 30.5. The van der Waals surface area contributed by atoms with Crippen molar-refractivity contribution in [1.82, 2.24) is 0 Å². The lowest BCUT2D eigenvalue weighted by Gasteiger charge is -2.39. The van der Waals surface area contributed by atoms with Crippen LogP contribution in [0.1, 0.15) is 49.9 Å². The van der Waals surface area contributed by atoms with Gasteiger partial charge in [-0.25, -0.2) is 0 Å². The minimum atomic E-state index is -1.59. The zero-order chi connectivity index (χ0) is 34.7. The summed E-state index contributed by atoms with van der Waals surface area (Å²) in [4.78, 5) is 6.84. The summed E-state index contributed by atoms with van der Waals surface area (Å²) in [6.45, 7) is 9.53. The van der Waals surface area contributed by atoms with Gasteiger partial charge in [-0.15, -0.1) is 0 Å². The second-order valence-corrected chi connectivity index (χ2v) is 18.7. The minimum absolute atomic E-state index is 0.103. The van der Waals surface area contributed by atoms with Crippen molar-refractivity contribution in [2.75, 3.05) is 11.2 Å². The Kier molecular flexibility index (Phi) is 6.34. The molecule has 7 aromatic carbocycles. The van der Waals surface area contributed by atoms with E-state index in [1.807, 2.05) is 0 Å². The van der Waals surface area contributed by atoms with Gasteiger partial charge in [0.15, 0.2) is 0 Å². The molecule has 248 valence electrons. The Morgan fingerprint density at radius 1 is 0.412 bits per heavy atom. The first-order valence-electron chi connectivity index (χ1n) is 18.1. The number of fused-ring (bicyclic) bond motifs is 9. The van der Waals surface area contributed by atoms with Crippen molar-refractivity contribution >= 4 is 27.1 Å². The molecule has 0 N–H and O–H groups in total. The molecule has 51 heavy (non-hydrogen) atoms. The highest BCUT2D eigenvalue weighted by Crippen LogP contribution is 2.76. The number of rotatable bonds is 4.